The minimum Gasteiger partial charge on any atom is -0.497 e. The zero-order chi connectivity index (χ0) is 15.2. The fourth-order valence-corrected chi connectivity index (χ4v) is 2.14. The fourth-order valence-electron chi connectivity index (χ4n) is 1.88. The van der Waals surface area contributed by atoms with Crippen molar-refractivity contribution < 1.29 is 14.3 Å². The van der Waals surface area contributed by atoms with Crippen molar-refractivity contribution in [3.05, 3.63) is 64.7 Å². The van der Waals surface area contributed by atoms with Crippen LogP contribution in [0.2, 0.25) is 5.02 Å². The summed E-state index contributed by atoms with van der Waals surface area (Å²) >= 11 is 6.20. The quantitative estimate of drug-likeness (QED) is 0.612. The van der Waals surface area contributed by atoms with E-state index in [9.17, 15) is 4.79 Å². The Bertz CT molecular complexity index is 663. The molecule has 21 heavy (non-hydrogen) atoms. The van der Waals surface area contributed by atoms with Gasteiger partial charge in [-0.15, -0.1) is 0 Å². The van der Waals surface area contributed by atoms with Gasteiger partial charge in [-0.25, -0.2) is 0 Å². The molecule has 108 valence electrons. The molecule has 0 amide bonds. The molecule has 0 atom stereocenters. The van der Waals surface area contributed by atoms with E-state index >= 15 is 0 Å². The minimum atomic E-state index is -0.0930. The molecule has 2 rings (SSSR count). The van der Waals surface area contributed by atoms with Crippen LogP contribution in [0, 0.1) is 0 Å². The van der Waals surface area contributed by atoms with Crippen molar-refractivity contribution in [2.24, 2.45) is 0 Å². The molecule has 0 bridgehead atoms. The Labute approximate surface area is 128 Å². The van der Waals surface area contributed by atoms with Gasteiger partial charge in [-0.3, -0.25) is 4.79 Å². The number of carbonyl (C=O) groups is 1. The van der Waals surface area contributed by atoms with Crippen LogP contribution < -0.4 is 9.47 Å². The third-order valence-corrected chi connectivity index (χ3v) is 3.29. The molecule has 0 unspecified atom stereocenters. The van der Waals surface area contributed by atoms with Gasteiger partial charge >= 0.3 is 0 Å². The van der Waals surface area contributed by atoms with E-state index in [0.29, 0.717) is 27.6 Å². The van der Waals surface area contributed by atoms with Crippen molar-refractivity contribution in [3.8, 4) is 11.5 Å². The number of carbonyl (C=O) groups excluding carboxylic acids is 1. The number of allylic oxidation sites excluding steroid dienone is 1. The lowest BCUT2D eigenvalue weighted by Crippen LogP contribution is -1.94. The average molecular weight is 303 g/mol. The van der Waals surface area contributed by atoms with E-state index in [4.69, 9.17) is 21.1 Å². The molecule has 0 saturated carbocycles. The Morgan fingerprint density at radius 1 is 1.10 bits per heavy atom. The minimum absolute atomic E-state index is 0.0930. The maximum atomic E-state index is 12.1. The van der Waals surface area contributed by atoms with Gasteiger partial charge in [-0.05, 0) is 18.2 Å². The highest BCUT2D eigenvalue weighted by Gasteiger charge is 2.09. The molecule has 0 fully saturated rings. The Hall–Kier alpha value is -2.26. The summed E-state index contributed by atoms with van der Waals surface area (Å²) in [6.45, 7) is 0. The maximum absolute atomic E-state index is 12.1. The third-order valence-electron chi connectivity index (χ3n) is 2.98. The van der Waals surface area contributed by atoms with Crippen LogP contribution in [-0.2, 0) is 0 Å². The zero-order valence-corrected chi connectivity index (χ0v) is 12.6. The molecule has 4 heteroatoms. The van der Waals surface area contributed by atoms with Gasteiger partial charge in [0.05, 0.1) is 19.2 Å². The number of ether oxygens (including phenoxy) is 2. The van der Waals surface area contributed by atoms with Crippen molar-refractivity contribution in [2.45, 2.75) is 0 Å². The Morgan fingerprint density at radius 2 is 1.81 bits per heavy atom. The first-order valence-corrected chi connectivity index (χ1v) is 6.72. The van der Waals surface area contributed by atoms with Crippen molar-refractivity contribution in [3.63, 3.8) is 0 Å². The zero-order valence-electron chi connectivity index (χ0n) is 11.8. The molecule has 0 aliphatic heterocycles. The van der Waals surface area contributed by atoms with Crippen LogP contribution >= 0.6 is 11.6 Å². The topological polar surface area (TPSA) is 35.5 Å². The van der Waals surface area contributed by atoms with E-state index in [1.54, 1.807) is 44.6 Å². The number of hydrogen-bond acceptors (Lipinski definition) is 3. The highest BCUT2D eigenvalue weighted by atomic mass is 35.5. The summed E-state index contributed by atoms with van der Waals surface area (Å²) in [7, 11) is 3.10. The van der Waals surface area contributed by atoms with Gasteiger partial charge in [0.15, 0.2) is 5.78 Å². The van der Waals surface area contributed by atoms with E-state index in [-0.39, 0.29) is 5.78 Å². The van der Waals surface area contributed by atoms with Crippen molar-refractivity contribution in [1.29, 1.82) is 0 Å². The summed E-state index contributed by atoms with van der Waals surface area (Å²) < 4.78 is 10.4. The smallest absolute Gasteiger partial charge is 0.185 e. The Kier molecular flexibility index (Phi) is 5.01. The molecule has 0 N–H and O–H groups in total. The highest BCUT2D eigenvalue weighted by molar-refractivity contribution is 6.32. The van der Waals surface area contributed by atoms with Crippen LogP contribution in [0.15, 0.2) is 48.5 Å². The molecule has 0 heterocycles. The summed E-state index contributed by atoms with van der Waals surface area (Å²) in [6, 6.07) is 12.4. The van der Waals surface area contributed by atoms with Crippen molar-refractivity contribution >= 4 is 23.5 Å². The van der Waals surface area contributed by atoms with Crippen LogP contribution in [0.3, 0.4) is 0 Å². The van der Waals surface area contributed by atoms with Crippen LogP contribution in [0.5, 0.6) is 11.5 Å². The molecular formula is C17H15ClO3. The van der Waals surface area contributed by atoms with Gasteiger partial charge in [0, 0.05) is 17.2 Å². The first kappa shape index (κ1) is 15.1. The van der Waals surface area contributed by atoms with E-state index in [1.807, 2.05) is 18.2 Å². The maximum Gasteiger partial charge on any atom is 0.185 e. The molecule has 2 aromatic rings. The summed E-state index contributed by atoms with van der Waals surface area (Å²) in [5.74, 6) is 1.06. The normalized spacial score (nSPS) is 10.6. The predicted octanol–water partition coefficient (Wildman–Crippen LogP) is 4.25. The second-order valence-corrected chi connectivity index (χ2v) is 4.70. The van der Waals surface area contributed by atoms with E-state index in [1.165, 1.54) is 6.08 Å². The van der Waals surface area contributed by atoms with E-state index in [2.05, 4.69) is 0 Å². The lowest BCUT2D eigenvalue weighted by Gasteiger charge is -2.09. The van der Waals surface area contributed by atoms with E-state index in [0.717, 1.165) is 0 Å². The monoisotopic (exact) mass is 302 g/mol. The third kappa shape index (κ3) is 3.64. The number of hydrogen-bond donors (Lipinski definition) is 0. The van der Waals surface area contributed by atoms with Gasteiger partial charge in [0.25, 0.3) is 0 Å². The average Bonchev–Trinajstić information content (AvgIpc) is 2.53. The number of rotatable bonds is 5. The molecule has 0 aromatic heterocycles. The summed E-state index contributed by atoms with van der Waals surface area (Å²) in [5, 5.41) is 0.461. The van der Waals surface area contributed by atoms with Crippen LogP contribution in [-0.4, -0.2) is 20.0 Å². The van der Waals surface area contributed by atoms with Crippen molar-refractivity contribution in [2.75, 3.05) is 14.2 Å². The summed E-state index contributed by atoms with van der Waals surface area (Å²) in [5.41, 5.74) is 1.27. The second kappa shape index (κ2) is 6.95. The molecule has 3 nitrogen and oxygen atoms in total. The SMILES string of the molecule is COc1cc(Cl)c(C=CC(=O)c2ccccc2)c(OC)c1. The molecule has 2 aromatic carbocycles. The second-order valence-electron chi connectivity index (χ2n) is 4.29. The van der Waals surface area contributed by atoms with Crippen LogP contribution in [0.4, 0.5) is 0 Å². The lowest BCUT2D eigenvalue weighted by molar-refractivity contribution is 0.104. The largest absolute Gasteiger partial charge is 0.497 e. The summed E-state index contributed by atoms with van der Waals surface area (Å²) in [6.07, 6.45) is 3.13. The lowest BCUT2D eigenvalue weighted by atomic mass is 10.1. The van der Waals surface area contributed by atoms with Gasteiger partial charge in [0.1, 0.15) is 11.5 Å². The van der Waals surface area contributed by atoms with Gasteiger partial charge in [-0.2, -0.15) is 0 Å². The van der Waals surface area contributed by atoms with Gasteiger partial charge < -0.3 is 9.47 Å². The molecule has 0 spiro atoms. The first-order chi connectivity index (χ1) is 10.2. The predicted molar refractivity (Wildman–Crippen MR) is 84.4 cm³/mol. The Balaban J connectivity index is 2.31. The molecule has 0 aliphatic carbocycles. The van der Waals surface area contributed by atoms with E-state index < -0.39 is 0 Å². The molecule has 0 saturated heterocycles. The van der Waals surface area contributed by atoms with Gasteiger partial charge in [-0.1, -0.05) is 41.9 Å². The van der Waals surface area contributed by atoms with Crippen LogP contribution in [0.1, 0.15) is 15.9 Å². The fraction of sp³-hybridized carbons (Fsp3) is 0.118. The Morgan fingerprint density at radius 3 is 2.43 bits per heavy atom. The number of halogens is 1. The number of ketones is 1. The van der Waals surface area contributed by atoms with Gasteiger partial charge in [0.2, 0.25) is 0 Å². The molecule has 0 aliphatic rings. The standard InChI is InChI=1S/C17H15ClO3/c1-20-13-10-15(18)14(17(11-13)21-2)8-9-16(19)12-6-4-3-5-7-12/h3-11H,1-2H3. The molecule has 0 radical (unpaired) electrons. The molecular weight excluding hydrogens is 288 g/mol. The van der Waals surface area contributed by atoms with Crippen molar-refractivity contribution in [1.82, 2.24) is 0 Å². The highest BCUT2D eigenvalue weighted by Crippen LogP contribution is 2.33. The van der Waals surface area contributed by atoms with Crippen LogP contribution in [0.25, 0.3) is 6.08 Å². The number of methoxy groups -OCH3 is 2. The summed E-state index contributed by atoms with van der Waals surface area (Å²) in [4.78, 5) is 12.1. The number of benzene rings is 2. The first-order valence-electron chi connectivity index (χ1n) is 6.34.